The molecule has 0 aliphatic rings. The van der Waals surface area contributed by atoms with Crippen LogP contribution in [-0.4, -0.2) is 18.6 Å². The molecule has 4 nitrogen and oxygen atoms in total. The van der Waals surface area contributed by atoms with Gasteiger partial charge in [-0.15, -0.1) is 0 Å². The van der Waals surface area contributed by atoms with Crippen molar-refractivity contribution in [3.8, 4) is 11.5 Å². The molecule has 7 heteroatoms. The van der Waals surface area contributed by atoms with Gasteiger partial charge in [-0.1, -0.05) is 12.1 Å². The fourth-order valence-corrected chi connectivity index (χ4v) is 1.98. The average molecular weight is 339 g/mol. The van der Waals surface area contributed by atoms with Crippen molar-refractivity contribution < 1.29 is 27.4 Å². The minimum Gasteiger partial charge on any atom is -0.490 e. The Morgan fingerprint density at radius 2 is 1.75 bits per heavy atom. The lowest BCUT2D eigenvalue weighted by molar-refractivity contribution is -0.0521. The standard InChI is InChI=1S/C17H16F3NO3/c1-10(2)23-14-6-4-3-5-12(14)16(22)21-11-7-8-15(13(18)9-11)24-17(19)20/h3-10,17H,1-2H3,(H,21,22). The van der Waals surface area contributed by atoms with E-state index >= 15 is 0 Å². The van der Waals surface area contributed by atoms with Gasteiger partial charge in [0, 0.05) is 11.8 Å². The molecule has 0 aromatic heterocycles. The van der Waals surface area contributed by atoms with Gasteiger partial charge in [0.15, 0.2) is 11.6 Å². The molecule has 2 aromatic rings. The van der Waals surface area contributed by atoms with E-state index in [0.717, 1.165) is 12.1 Å². The van der Waals surface area contributed by atoms with Crippen LogP contribution in [0.5, 0.6) is 11.5 Å². The number of amides is 1. The highest BCUT2D eigenvalue weighted by molar-refractivity contribution is 6.06. The van der Waals surface area contributed by atoms with Gasteiger partial charge in [0.2, 0.25) is 0 Å². The number of anilines is 1. The number of benzene rings is 2. The number of rotatable bonds is 6. The van der Waals surface area contributed by atoms with Gasteiger partial charge in [0.25, 0.3) is 5.91 Å². The molecule has 0 aliphatic carbocycles. The van der Waals surface area contributed by atoms with Gasteiger partial charge in [-0.3, -0.25) is 4.79 Å². The van der Waals surface area contributed by atoms with Crippen molar-refractivity contribution in [2.24, 2.45) is 0 Å². The van der Waals surface area contributed by atoms with Crippen LogP contribution in [0.4, 0.5) is 18.9 Å². The van der Waals surface area contributed by atoms with E-state index in [4.69, 9.17) is 4.74 Å². The second kappa shape index (κ2) is 7.72. The lowest BCUT2D eigenvalue weighted by Crippen LogP contribution is -2.16. The van der Waals surface area contributed by atoms with E-state index in [-0.39, 0.29) is 17.4 Å². The van der Waals surface area contributed by atoms with Crippen LogP contribution in [0.1, 0.15) is 24.2 Å². The monoisotopic (exact) mass is 339 g/mol. The number of alkyl halides is 2. The summed E-state index contributed by atoms with van der Waals surface area (Å²) in [6, 6.07) is 9.80. The van der Waals surface area contributed by atoms with E-state index in [1.165, 1.54) is 6.07 Å². The first-order valence-corrected chi connectivity index (χ1v) is 7.18. The third-order valence-electron chi connectivity index (χ3n) is 2.90. The highest BCUT2D eigenvalue weighted by atomic mass is 19.3. The highest BCUT2D eigenvalue weighted by Gasteiger charge is 2.15. The zero-order valence-corrected chi connectivity index (χ0v) is 13.1. The van der Waals surface area contributed by atoms with Crippen molar-refractivity contribution in [3.05, 3.63) is 53.8 Å². The molecule has 128 valence electrons. The Hall–Kier alpha value is -2.70. The van der Waals surface area contributed by atoms with Crippen molar-refractivity contribution in [2.75, 3.05) is 5.32 Å². The SMILES string of the molecule is CC(C)Oc1ccccc1C(=O)Nc1ccc(OC(F)F)c(F)c1. The lowest BCUT2D eigenvalue weighted by atomic mass is 10.1. The van der Waals surface area contributed by atoms with Crippen LogP contribution < -0.4 is 14.8 Å². The molecule has 0 unspecified atom stereocenters. The van der Waals surface area contributed by atoms with Gasteiger partial charge >= 0.3 is 6.61 Å². The Balaban J connectivity index is 2.17. The maximum absolute atomic E-state index is 13.7. The number of halogens is 3. The van der Waals surface area contributed by atoms with Crippen LogP contribution >= 0.6 is 0 Å². The summed E-state index contributed by atoms with van der Waals surface area (Å²) in [5.41, 5.74) is 0.387. The maximum atomic E-state index is 13.7. The predicted molar refractivity (Wildman–Crippen MR) is 83.2 cm³/mol. The summed E-state index contributed by atoms with van der Waals surface area (Å²) in [5, 5.41) is 2.49. The zero-order chi connectivity index (χ0) is 17.7. The second-order valence-electron chi connectivity index (χ2n) is 5.14. The largest absolute Gasteiger partial charge is 0.490 e. The molecule has 0 saturated carbocycles. The topological polar surface area (TPSA) is 47.6 Å². The number of ether oxygens (including phenoxy) is 2. The quantitative estimate of drug-likeness (QED) is 0.845. The fourth-order valence-electron chi connectivity index (χ4n) is 1.98. The zero-order valence-electron chi connectivity index (χ0n) is 13.1. The summed E-state index contributed by atoms with van der Waals surface area (Å²) in [7, 11) is 0. The van der Waals surface area contributed by atoms with Crippen molar-refractivity contribution in [1.29, 1.82) is 0 Å². The normalized spacial score (nSPS) is 10.8. The molecule has 2 aromatic carbocycles. The molecule has 0 heterocycles. The Kier molecular flexibility index (Phi) is 5.68. The molecular formula is C17H16F3NO3. The van der Waals surface area contributed by atoms with E-state index in [0.29, 0.717) is 5.75 Å². The van der Waals surface area contributed by atoms with Gasteiger partial charge in [0.1, 0.15) is 5.75 Å². The average Bonchev–Trinajstić information content (AvgIpc) is 2.49. The van der Waals surface area contributed by atoms with Gasteiger partial charge in [0.05, 0.1) is 11.7 Å². The van der Waals surface area contributed by atoms with E-state index in [1.54, 1.807) is 24.3 Å². The van der Waals surface area contributed by atoms with E-state index in [2.05, 4.69) is 10.1 Å². The molecular weight excluding hydrogens is 323 g/mol. The number of carbonyl (C=O) groups excluding carboxylic acids is 1. The molecule has 0 fully saturated rings. The summed E-state index contributed by atoms with van der Waals surface area (Å²) >= 11 is 0. The van der Waals surface area contributed by atoms with Crippen LogP contribution in [0.15, 0.2) is 42.5 Å². The summed E-state index contributed by atoms with van der Waals surface area (Å²) in [6.07, 6.45) is -0.123. The predicted octanol–water partition coefficient (Wildman–Crippen LogP) is 4.47. The second-order valence-corrected chi connectivity index (χ2v) is 5.14. The Bertz CT molecular complexity index is 720. The summed E-state index contributed by atoms with van der Waals surface area (Å²) in [6.45, 7) is 0.525. The molecule has 24 heavy (non-hydrogen) atoms. The molecule has 0 saturated heterocycles. The van der Waals surface area contributed by atoms with Gasteiger partial charge < -0.3 is 14.8 Å². The minimum absolute atomic E-state index is 0.110. The highest BCUT2D eigenvalue weighted by Crippen LogP contribution is 2.25. The van der Waals surface area contributed by atoms with Gasteiger partial charge in [-0.05, 0) is 38.1 Å². The van der Waals surface area contributed by atoms with E-state index < -0.39 is 24.1 Å². The van der Waals surface area contributed by atoms with Gasteiger partial charge in [-0.2, -0.15) is 8.78 Å². The Labute approximate surface area is 137 Å². The first-order valence-electron chi connectivity index (χ1n) is 7.18. The van der Waals surface area contributed by atoms with Crippen LogP contribution in [0.3, 0.4) is 0 Å². The fraction of sp³-hybridized carbons (Fsp3) is 0.235. The number of nitrogens with one attached hydrogen (secondary N) is 1. The van der Waals surface area contributed by atoms with Crippen molar-refractivity contribution in [2.45, 2.75) is 26.6 Å². The first kappa shape index (κ1) is 17.7. The molecule has 0 atom stereocenters. The third-order valence-corrected chi connectivity index (χ3v) is 2.90. The summed E-state index contributed by atoms with van der Waals surface area (Å²) < 4.78 is 47.5. The molecule has 1 amide bonds. The van der Waals surface area contributed by atoms with Crippen molar-refractivity contribution in [1.82, 2.24) is 0 Å². The molecule has 2 rings (SSSR count). The lowest BCUT2D eigenvalue weighted by Gasteiger charge is -2.14. The number of hydrogen-bond acceptors (Lipinski definition) is 3. The summed E-state index contributed by atoms with van der Waals surface area (Å²) in [4.78, 5) is 12.3. The number of carbonyl (C=O) groups is 1. The van der Waals surface area contributed by atoms with Crippen LogP contribution in [0.2, 0.25) is 0 Å². The van der Waals surface area contributed by atoms with Crippen LogP contribution in [0, 0.1) is 5.82 Å². The van der Waals surface area contributed by atoms with Gasteiger partial charge in [-0.25, -0.2) is 4.39 Å². The Morgan fingerprint density at radius 3 is 2.38 bits per heavy atom. The van der Waals surface area contributed by atoms with E-state index in [9.17, 15) is 18.0 Å². The third kappa shape index (κ3) is 4.65. The first-order chi connectivity index (χ1) is 11.4. The Morgan fingerprint density at radius 1 is 1.04 bits per heavy atom. The molecule has 0 aliphatic heterocycles. The summed E-state index contributed by atoms with van der Waals surface area (Å²) in [5.74, 6) is -1.71. The van der Waals surface area contributed by atoms with Crippen molar-refractivity contribution in [3.63, 3.8) is 0 Å². The van der Waals surface area contributed by atoms with Crippen LogP contribution in [0.25, 0.3) is 0 Å². The molecule has 0 bridgehead atoms. The van der Waals surface area contributed by atoms with E-state index in [1.807, 2.05) is 13.8 Å². The number of hydrogen-bond donors (Lipinski definition) is 1. The molecule has 0 radical (unpaired) electrons. The van der Waals surface area contributed by atoms with Crippen molar-refractivity contribution >= 4 is 11.6 Å². The molecule has 1 N–H and O–H groups in total. The smallest absolute Gasteiger partial charge is 0.387 e. The minimum atomic E-state index is -3.12. The van der Waals surface area contributed by atoms with Crippen LogP contribution in [-0.2, 0) is 0 Å². The number of para-hydroxylation sites is 1. The maximum Gasteiger partial charge on any atom is 0.387 e. The molecule has 0 spiro atoms.